The topological polar surface area (TPSA) is 78.0 Å². The lowest BCUT2D eigenvalue weighted by atomic mass is 9.86. The van der Waals surface area contributed by atoms with Crippen LogP contribution >= 0.6 is 0 Å². The van der Waals surface area contributed by atoms with Crippen molar-refractivity contribution in [3.8, 4) is 0 Å². The lowest BCUT2D eigenvalue weighted by Gasteiger charge is -2.38. The summed E-state index contributed by atoms with van der Waals surface area (Å²) in [4.78, 5) is 4.37. The molecule has 1 aromatic rings. The molecule has 3 N–H and O–H groups in total. The van der Waals surface area contributed by atoms with E-state index in [2.05, 4.69) is 36.3 Å². The van der Waals surface area contributed by atoms with Gasteiger partial charge in [-0.25, -0.2) is 4.98 Å². The van der Waals surface area contributed by atoms with Gasteiger partial charge in [0.1, 0.15) is 12.2 Å². The smallest absolute Gasteiger partial charge is 0.138 e. The first-order valence-electron chi connectivity index (χ1n) is 7.64. The molecule has 0 amide bonds. The molecule has 0 aliphatic carbocycles. The molecule has 1 rings (SSSR count). The van der Waals surface area contributed by atoms with Gasteiger partial charge in [0.05, 0.1) is 11.6 Å². The van der Waals surface area contributed by atoms with E-state index in [1.807, 2.05) is 11.6 Å². The number of rotatable bonds is 10. The number of aryl methyl sites for hydroxylation is 1. The highest BCUT2D eigenvalue weighted by Crippen LogP contribution is 2.26. The van der Waals surface area contributed by atoms with Gasteiger partial charge in [0.25, 0.3) is 0 Å². The summed E-state index contributed by atoms with van der Waals surface area (Å²) in [6.07, 6.45) is 5.19. The molecule has 0 fully saturated rings. The first kappa shape index (κ1) is 17.1. The van der Waals surface area contributed by atoms with Crippen molar-refractivity contribution in [2.24, 2.45) is 5.84 Å². The highest BCUT2D eigenvalue weighted by Gasteiger charge is 2.36. The number of aromatic nitrogens is 3. The Hall–Kier alpha value is -0.980. The summed E-state index contributed by atoms with van der Waals surface area (Å²) < 4.78 is 7.98. The third-order valence-corrected chi connectivity index (χ3v) is 3.98. The minimum Gasteiger partial charge on any atom is -0.374 e. The monoisotopic (exact) mass is 283 g/mol. The lowest BCUT2D eigenvalue weighted by molar-refractivity contribution is -0.0725. The average Bonchev–Trinajstić information content (AvgIpc) is 2.90. The maximum atomic E-state index is 6.03. The van der Waals surface area contributed by atoms with Crippen molar-refractivity contribution in [2.75, 3.05) is 6.61 Å². The lowest BCUT2D eigenvalue weighted by Crippen LogP contribution is -2.55. The zero-order valence-electron chi connectivity index (χ0n) is 13.2. The van der Waals surface area contributed by atoms with Gasteiger partial charge in [0.2, 0.25) is 0 Å². The Balaban J connectivity index is 2.91. The zero-order chi connectivity index (χ0) is 15.0. The molecule has 20 heavy (non-hydrogen) atoms. The molecule has 1 atom stereocenters. The summed E-state index contributed by atoms with van der Waals surface area (Å²) in [5.74, 6) is 6.75. The quantitative estimate of drug-likeness (QED) is 0.504. The summed E-state index contributed by atoms with van der Waals surface area (Å²) in [5, 5.41) is 4.27. The first-order valence-corrected chi connectivity index (χ1v) is 7.64. The number of hydrogen-bond donors (Lipinski definition) is 2. The fourth-order valence-electron chi connectivity index (χ4n) is 2.76. The Labute approximate surface area is 122 Å². The minimum atomic E-state index is -0.257. The van der Waals surface area contributed by atoms with E-state index in [0.717, 1.165) is 38.1 Å². The molecule has 6 nitrogen and oxygen atoms in total. The van der Waals surface area contributed by atoms with E-state index in [0.29, 0.717) is 6.61 Å². The summed E-state index contributed by atoms with van der Waals surface area (Å²) >= 11 is 0. The van der Waals surface area contributed by atoms with Crippen molar-refractivity contribution < 1.29 is 4.74 Å². The van der Waals surface area contributed by atoms with E-state index in [-0.39, 0.29) is 11.6 Å². The van der Waals surface area contributed by atoms with Crippen LogP contribution in [0, 0.1) is 0 Å². The predicted molar refractivity (Wildman–Crippen MR) is 80.1 cm³/mol. The molecule has 6 heteroatoms. The fraction of sp³-hybridized carbons (Fsp3) is 0.857. The highest BCUT2D eigenvalue weighted by molar-refractivity contribution is 4.98. The molecular weight excluding hydrogens is 254 g/mol. The predicted octanol–water partition coefficient (Wildman–Crippen LogP) is 1.66. The highest BCUT2D eigenvalue weighted by atomic mass is 16.5. The van der Waals surface area contributed by atoms with Crippen LogP contribution in [-0.2, 0) is 17.7 Å². The van der Waals surface area contributed by atoms with Gasteiger partial charge >= 0.3 is 0 Å². The van der Waals surface area contributed by atoms with Crippen molar-refractivity contribution in [2.45, 2.75) is 71.6 Å². The summed E-state index contributed by atoms with van der Waals surface area (Å²) in [5.41, 5.74) is 2.67. The number of ether oxygens (including phenoxy) is 1. The molecule has 0 aromatic carbocycles. The van der Waals surface area contributed by atoms with E-state index >= 15 is 0 Å². The van der Waals surface area contributed by atoms with Crippen LogP contribution in [0.4, 0.5) is 0 Å². The molecule has 0 aliphatic heterocycles. The Morgan fingerprint density at radius 3 is 2.55 bits per heavy atom. The van der Waals surface area contributed by atoms with Gasteiger partial charge in [0, 0.05) is 19.6 Å². The second-order valence-corrected chi connectivity index (χ2v) is 5.03. The Kier molecular flexibility index (Phi) is 7.12. The molecule has 0 bridgehead atoms. The molecule has 0 saturated heterocycles. The number of hydrogen-bond acceptors (Lipinski definition) is 5. The largest absolute Gasteiger partial charge is 0.374 e. The normalized spacial score (nSPS) is 13.7. The number of hydrazine groups is 1. The van der Waals surface area contributed by atoms with Crippen LogP contribution < -0.4 is 11.3 Å². The van der Waals surface area contributed by atoms with E-state index in [4.69, 9.17) is 10.6 Å². The molecule has 0 spiro atoms. The molecule has 0 saturated carbocycles. The first-order chi connectivity index (χ1) is 9.67. The average molecular weight is 283 g/mol. The van der Waals surface area contributed by atoms with Gasteiger partial charge in [0.15, 0.2) is 0 Å². The molecular formula is C14H29N5O. The van der Waals surface area contributed by atoms with Crippen LogP contribution in [0.15, 0.2) is 6.33 Å². The van der Waals surface area contributed by atoms with E-state index in [1.165, 1.54) is 0 Å². The van der Waals surface area contributed by atoms with Gasteiger partial charge in [-0.3, -0.25) is 16.0 Å². The SMILES string of the molecule is CCCn1ncnc1CC(NN)C(CC)(CC)OCC. The van der Waals surface area contributed by atoms with Crippen molar-refractivity contribution in [1.29, 1.82) is 0 Å². The van der Waals surface area contributed by atoms with Crippen molar-refractivity contribution in [3.05, 3.63) is 12.2 Å². The Morgan fingerprint density at radius 1 is 1.35 bits per heavy atom. The van der Waals surface area contributed by atoms with E-state index in [9.17, 15) is 0 Å². The molecule has 0 radical (unpaired) electrons. The van der Waals surface area contributed by atoms with Crippen LogP contribution in [0.1, 0.15) is 52.8 Å². The van der Waals surface area contributed by atoms with Gasteiger partial charge in [-0.2, -0.15) is 5.10 Å². The third-order valence-electron chi connectivity index (χ3n) is 3.98. The summed E-state index contributed by atoms with van der Waals surface area (Å²) in [7, 11) is 0. The minimum absolute atomic E-state index is 0.0252. The molecule has 1 heterocycles. The van der Waals surface area contributed by atoms with Crippen LogP contribution in [0.2, 0.25) is 0 Å². The van der Waals surface area contributed by atoms with Crippen LogP contribution in [0.3, 0.4) is 0 Å². The van der Waals surface area contributed by atoms with Gasteiger partial charge in [-0.1, -0.05) is 20.8 Å². The third kappa shape index (κ3) is 3.77. The van der Waals surface area contributed by atoms with Gasteiger partial charge in [-0.05, 0) is 26.2 Å². The standard InChI is InChI=1S/C14H29N5O/c1-5-9-19-13(16-11-17-19)10-12(18-15)14(6-2,7-3)20-8-4/h11-12,18H,5-10,15H2,1-4H3. The number of nitrogens with zero attached hydrogens (tertiary/aromatic N) is 3. The van der Waals surface area contributed by atoms with Crippen molar-refractivity contribution >= 4 is 0 Å². The van der Waals surface area contributed by atoms with E-state index in [1.54, 1.807) is 6.33 Å². The van der Waals surface area contributed by atoms with Crippen LogP contribution in [0.25, 0.3) is 0 Å². The fourth-order valence-corrected chi connectivity index (χ4v) is 2.76. The van der Waals surface area contributed by atoms with Crippen LogP contribution in [0.5, 0.6) is 0 Å². The second kappa shape index (κ2) is 8.34. The van der Waals surface area contributed by atoms with Crippen molar-refractivity contribution in [3.63, 3.8) is 0 Å². The maximum Gasteiger partial charge on any atom is 0.138 e. The van der Waals surface area contributed by atoms with Crippen LogP contribution in [-0.4, -0.2) is 33.0 Å². The van der Waals surface area contributed by atoms with Crippen molar-refractivity contribution in [1.82, 2.24) is 20.2 Å². The van der Waals surface area contributed by atoms with E-state index < -0.39 is 0 Å². The number of nitrogens with two attached hydrogens (primary N) is 1. The Bertz CT molecular complexity index is 375. The van der Waals surface area contributed by atoms with Gasteiger partial charge in [-0.15, -0.1) is 0 Å². The molecule has 1 unspecified atom stereocenters. The molecule has 1 aromatic heterocycles. The van der Waals surface area contributed by atoms with Gasteiger partial charge < -0.3 is 4.74 Å². The zero-order valence-corrected chi connectivity index (χ0v) is 13.2. The Morgan fingerprint density at radius 2 is 2.05 bits per heavy atom. The second-order valence-electron chi connectivity index (χ2n) is 5.03. The summed E-state index contributed by atoms with van der Waals surface area (Å²) in [6, 6.07) is 0.0252. The molecule has 116 valence electrons. The summed E-state index contributed by atoms with van der Waals surface area (Å²) in [6.45, 7) is 9.99. The maximum absolute atomic E-state index is 6.03. The molecule has 0 aliphatic rings. The number of nitrogens with one attached hydrogen (secondary N) is 1.